The van der Waals surface area contributed by atoms with Crippen molar-refractivity contribution in [1.82, 2.24) is 4.98 Å². The maximum absolute atomic E-state index is 13.8. The molecule has 1 aromatic heterocycles. The maximum Gasteiger partial charge on any atom is 0.167 e. The largest absolute Gasteiger partial charge is 0.484 e. The summed E-state index contributed by atoms with van der Waals surface area (Å²) < 4.78 is 19.3. The van der Waals surface area contributed by atoms with Crippen LogP contribution in [0.25, 0.3) is 10.9 Å². The van der Waals surface area contributed by atoms with Crippen molar-refractivity contribution in [3.05, 3.63) is 71.7 Å². The molecule has 3 aromatic rings. The van der Waals surface area contributed by atoms with Gasteiger partial charge in [0.2, 0.25) is 0 Å². The second kappa shape index (κ2) is 5.29. The third-order valence-electron chi connectivity index (χ3n) is 3.19. The lowest BCUT2D eigenvalue weighted by Gasteiger charge is -2.08. The first-order valence-corrected chi connectivity index (χ1v) is 6.46. The molecule has 0 bridgehead atoms. The lowest BCUT2D eigenvalue weighted by molar-refractivity contribution is 0.285. The van der Waals surface area contributed by atoms with Gasteiger partial charge in [0.15, 0.2) is 11.6 Å². The summed E-state index contributed by atoms with van der Waals surface area (Å²) >= 11 is 0. The Hall–Kier alpha value is -2.42. The van der Waals surface area contributed by atoms with Crippen LogP contribution in [0.15, 0.2) is 54.6 Å². The van der Waals surface area contributed by atoms with Crippen LogP contribution < -0.4 is 4.74 Å². The third-order valence-corrected chi connectivity index (χ3v) is 3.19. The van der Waals surface area contributed by atoms with Gasteiger partial charge in [-0.3, -0.25) is 0 Å². The zero-order chi connectivity index (χ0) is 13.9. The number of aromatic nitrogens is 1. The van der Waals surface area contributed by atoms with Gasteiger partial charge in [-0.25, -0.2) is 9.37 Å². The number of halogens is 1. The smallest absolute Gasteiger partial charge is 0.167 e. The van der Waals surface area contributed by atoms with Crippen LogP contribution in [0.5, 0.6) is 5.75 Å². The molecule has 100 valence electrons. The first kappa shape index (κ1) is 12.6. The van der Waals surface area contributed by atoms with Crippen LogP contribution >= 0.6 is 0 Å². The molecule has 0 aliphatic heterocycles. The number of ether oxygens (including phenoxy) is 1. The van der Waals surface area contributed by atoms with Gasteiger partial charge >= 0.3 is 0 Å². The Morgan fingerprint density at radius 1 is 1.00 bits per heavy atom. The summed E-state index contributed by atoms with van der Waals surface area (Å²) in [6, 6.07) is 16.9. The van der Waals surface area contributed by atoms with Crippen LogP contribution in [0, 0.1) is 12.7 Å². The number of rotatable bonds is 3. The van der Waals surface area contributed by atoms with E-state index < -0.39 is 0 Å². The molecule has 0 amide bonds. The number of para-hydroxylation sites is 1. The monoisotopic (exact) mass is 267 g/mol. The van der Waals surface area contributed by atoms with E-state index in [1.54, 1.807) is 25.1 Å². The van der Waals surface area contributed by atoms with Crippen molar-refractivity contribution < 1.29 is 9.13 Å². The first-order valence-electron chi connectivity index (χ1n) is 6.46. The van der Waals surface area contributed by atoms with Crippen LogP contribution in [0.4, 0.5) is 4.39 Å². The molecular weight excluding hydrogens is 253 g/mol. The summed E-state index contributed by atoms with van der Waals surface area (Å²) in [4.78, 5) is 4.49. The average Bonchev–Trinajstić information content (AvgIpc) is 2.48. The highest BCUT2D eigenvalue weighted by atomic mass is 19.1. The highest BCUT2D eigenvalue weighted by molar-refractivity contribution is 5.78. The molecule has 3 rings (SSSR count). The summed E-state index contributed by atoms with van der Waals surface area (Å²) in [5, 5.41) is 1.08. The Kier molecular flexibility index (Phi) is 3.33. The molecule has 0 N–H and O–H groups in total. The maximum atomic E-state index is 13.8. The quantitative estimate of drug-likeness (QED) is 0.707. The van der Waals surface area contributed by atoms with Gasteiger partial charge in [0.05, 0.1) is 11.2 Å². The standard InChI is InChI=1S/C17H14FNO/c1-12-5-4-8-16(17(12)18)20-11-14-10-9-13-6-2-3-7-15(13)19-14/h2-10H,11H2,1H3. The minimum absolute atomic E-state index is 0.255. The average molecular weight is 267 g/mol. The normalized spacial score (nSPS) is 10.7. The number of benzene rings is 2. The Bertz CT molecular complexity index is 755. The fraction of sp³-hybridized carbons (Fsp3) is 0.118. The lowest BCUT2D eigenvalue weighted by atomic mass is 10.2. The van der Waals surface area contributed by atoms with E-state index in [4.69, 9.17) is 4.74 Å². The van der Waals surface area contributed by atoms with Crippen molar-refractivity contribution in [1.29, 1.82) is 0 Å². The van der Waals surface area contributed by atoms with E-state index in [0.29, 0.717) is 5.56 Å². The van der Waals surface area contributed by atoms with E-state index in [1.165, 1.54) is 0 Å². The zero-order valence-electron chi connectivity index (χ0n) is 11.1. The minimum Gasteiger partial charge on any atom is -0.484 e. The summed E-state index contributed by atoms with van der Waals surface area (Å²) in [7, 11) is 0. The molecule has 0 atom stereocenters. The van der Waals surface area contributed by atoms with E-state index in [0.717, 1.165) is 16.6 Å². The van der Waals surface area contributed by atoms with Gasteiger partial charge in [0, 0.05) is 5.39 Å². The SMILES string of the molecule is Cc1cccc(OCc2ccc3ccccc3n2)c1F. The van der Waals surface area contributed by atoms with E-state index in [9.17, 15) is 4.39 Å². The van der Waals surface area contributed by atoms with E-state index in [1.807, 2.05) is 36.4 Å². The molecule has 0 saturated heterocycles. The van der Waals surface area contributed by atoms with Gasteiger partial charge in [-0.05, 0) is 30.7 Å². The van der Waals surface area contributed by atoms with Crippen molar-refractivity contribution in [2.45, 2.75) is 13.5 Å². The van der Waals surface area contributed by atoms with E-state index >= 15 is 0 Å². The Labute approximate surface area is 116 Å². The first-order chi connectivity index (χ1) is 9.74. The van der Waals surface area contributed by atoms with E-state index in [2.05, 4.69) is 4.98 Å². The third kappa shape index (κ3) is 2.48. The molecular formula is C17H14FNO. The Balaban J connectivity index is 1.81. The van der Waals surface area contributed by atoms with Gasteiger partial charge in [-0.1, -0.05) is 36.4 Å². The molecule has 3 heteroatoms. The van der Waals surface area contributed by atoms with Gasteiger partial charge in [0.25, 0.3) is 0 Å². The predicted octanol–water partition coefficient (Wildman–Crippen LogP) is 4.26. The van der Waals surface area contributed by atoms with Crippen LogP contribution in [-0.4, -0.2) is 4.98 Å². The van der Waals surface area contributed by atoms with Crippen LogP contribution in [0.1, 0.15) is 11.3 Å². The van der Waals surface area contributed by atoms with Gasteiger partial charge < -0.3 is 4.74 Å². The van der Waals surface area contributed by atoms with Gasteiger partial charge in [0.1, 0.15) is 6.61 Å². The minimum atomic E-state index is -0.312. The van der Waals surface area contributed by atoms with Crippen LogP contribution in [-0.2, 0) is 6.61 Å². The molecule has 0 radical (unpaired) electrons. The van der Waals surface area contributed by atoms with E-state index in [-0.39, 0.29) is 18.2 Å². The summed E-state index contributed by atoms with van der Waals surface area (Å²) in [5.74, 6) is -0.0479. The number of hydrogen-bond acceptors (Lipinski definition) is 2. The molecule has 0 aliphatic carbocycles. The number of hydrogen-bond donors (Lipinski definition) is 0. The molecule has 2 nitrogen and oxygen atoms in total. The molecule has 0 unspecified atom stereocenters. The zero-order valence-corrected chi connectivity index (χ0v) is 11.1. The Morgan fingerprint density at radius 2 is 1.85 bits per heavy atom. The summed E-state index contributed by atoms with van der Waals surface area (Å²) in [6.45, 7) is 1.97. The van der Waals surface area contributed by atoms with Crippen molar-refractivity contribution in [3.63, 3.8) is 0 Å². The van der Waals surface area contributed by atoms with Crippen LogP contribution in [0.3, 0.4) is 0 Å². The Morgan fingerprint density at radius 3 is 2.75 bits per heavy atom. The highest BCUT2D eigenvalue weighted by Crippen LogP contribution is 2.21. The fourth-order valence-electron chi connectivity index (χ4n) is 2.07. The number of fused-ring (bicyclic) bond motifs is 1. The fourth-order valence-corrected chi connectivity index (χ4v) is 2.07. The highest BCUT2D eigenvalue weighted by Gasteiger charge is 2.06. The number of nitrogens with zero attached hydrogens (tertiary/aromatic N) is 1. The molecule has 20 heavy (non-hydrogen) atoms. The van der Waals surface area contributed by atoms with Crippen molar-refractivity contribution >= 4 is 10.9 Å². The van der Waals surface area contributed by atoms with Crippen molar-refractivity contribution in [3.8, 4) is 5.75 Å². The second-order valence-corrected chi connectivity index (χ2v) is 4.67. The number of pyridine rings is 1. The molecule has 0 aliphatic rings. The summed E-state index contributed by atoms with van der Waals surface area (Å²) in [6.07, 6.45) is 0. The molecule has 0 spiro atoms. The molecule has 2 aromatic carbocycles. The summed E-state index contributed by atoms with van der Waals surface area (Å²) in [5.41, 5.74) is 2.27. The molecule has 0 fully saturated rings. The second-order valence-electron chi connectivity index (χ2n) is 4.67. The van der Waals surface area contributed by atoms with Crippen LogP contribution in [0.2, 0.25) is 0 Å². The molecule has 1 heterocycles. The number of aryl methyl sites for hydroxylation is 1. The van der Waals surface area contributed by atoms with Crippen molar-refractivity contribution in [2.75, 3.05) is 0 Å². The molecule has 0 saturated carbocycles. The lowest BCUT2D eigenvalue weighted by Crippen LogP contribution is -2.00. The predicted molar refractivity (Wildman–Crippen MR) is 77.2 cm³/mol. The van der Waals surface area contributed by atoms with Gasteiger partial charge in [-0.2, -0.15) is 0 Å². The van der Waals surface area contributed by atoms with Gasteiger partial charge in [-0.15, -0.1) is 0 Å². The topological polar surface area (TPSA) is 22.1 Å². The van der Waals surface area contributed by atoms with Crippen molar-refractivity contribution in [2.24, 2.45) is 0 Å².